The molecule has 21 heavy (non-hydrogen) atoms. The quantitative estimate of drug-likeness (QED) is 0.856. The van der Waals surface area contributed by atoms with Crippen LogP contribution in [0.15, 0.2) is 29.2 Å². The van der Waals surface area contributed by atoms with Crippen molar-refractivity contribution in [1.82, 2.24) is 4.31 Å². The molecule has 1 aliphatic carbocycles. The van der Waals surface area contributed by atoms with Gasteiger partial charge in [-0.1, -0.05) is 11.6 Å². The Morgan fingerprint density at radius 3 is 2.29 bits per heavy atom. The molecule has 0 amide bonds. The maximum Gasteiger partial charge on any atom is 0.243 e. The van der Waals surface area contributed by atoms with Crippen molar-refractivity contribution in [3.05, 3.63) is 29.3 Å². The first kappa shape index (κ1) is 15.3. The predicted molar refractivity (Wildman–Crippen MR) is 81.9 cm³/mol. The van der Waals surface area contributed by atoms with Crippen LogP contribution in [-0.2, 0) is 14.8 Å². The van der Waals surface area contributed by atoms with Crippen molar-refractivity contribution in [2.75, 3.05) is 20.2 Å². The Labute approximate surface area is 131 Å². The summed E-state index contributed by atoms with van der Waals surface area (Å²) in [5.41, 5.74) is 0.209. The molecule has 4 nitrogen and oxygen atoms in total. The zero-order valence-electron chi connectivity index (χ0n) is 12.1. The molecule has 3 rings (SSSR count). The van der Waals surface area contributed by atoms with Crippen molar-refractivity contribution in [1.29, 1.82) is 0 Å². The third-order valence-electron chi connectivity index (χ3n) is 5.04. The van der Waals surface area contributed by atoms with Crippen LogP contribution in [0.4, 0.5) is 0 Å². The zero-order valence-corrected chi connectivity index (χ0v) is 13.7. The number of sulfonamides is 1. The summed E-state index contributed by atoms with van der Waals surface area (Å²) in [5, 5.41) is 0.545. The fourth-order valence-electron chi connectivity index (χ4n) is 3.54. The number of halogens is 1. The van der Waals surface area contributed by atoms with E-state index in [4.69, 9.17) is 16.3 Å². The standard InChI is InChI=1S/C15H20ClNO3S/c1-20-14-6-7-15(14)8-10-17(11-9-15)21(18,19)13-4-2-12(16)3-5-13/h2-5,14H,6-11H2,1H3. The third kappa shape index (κ3) is 2.61. The number of nitrogens with zero attached hydrogens (tertiary/aromatic N) is 1. The van der Waals surface area contributed by atoms with Crippen LogP contribution in [-0.4, -0.2) is 39.0 Å². The summed E-state index contributed by atoms with van der Waals surface area (Å²) in [6, 6.07) is 6.38. The van der Waals surface area contributed by atoms with E-state index < -0.39 is 10.0 Å². The highest BCUT2D eigenvalue weighted by molar-refractivity contribution is 7.89. The molecule has 1 aliphatic heterocycles. The van der Waals surface area contributed by atoms with Gasteiger partial charge >= 0.3 is 0 Å². The van der Waals surface area contributed by atoms with Crippen molar-refractivity contribution in [3.63, 3.8) is 0 Å². The number of piperidine rings is 1. The fraction of sp³-hybridized carbons (Fsp3) is 0.600. The second-order valence-electron chi connectivity index (χ2n) is 5.98. The van der Waals surface area contributed by atoms with Crippen LogP contribution in [0, 0.1) is 5.41 Å². The van der Waals surface area contributed by atoms with Gasteiger partial charge in [0.05, 0.1) is 11.0 Å². The van der Waals surface area contributed by atoms with Crippen LogP contribution in [0.5, 0.6) is 0 Å². The molecule has 2 aliphatic rings. The monoisotopic (exact) mass is 329 g/mol. The molecule has 0 aromatic heterocycles. The van der Waals surface area contributed by atoms with E-state index in [9.17, 15) is 8.42 Å². The van der Waals surface area contributed by atoms with Crippen molar-refractivity contribution >= 4 is 21.6 Å². The van der Waals surface area contributed by atoms with Gasteiger partial charge in [0.15, 0.2) is 0 Å². The average molecular weight is 330 g/mol. The molecule has 0 radical (unpaired) electrons. The molecule has 1 unspecified atom stereocenters. The minimum Gasteiger partial charge on any atom is -0.381 e. The molecule has 1 heterocycles. The highest BCUT2D eigenvalue weighted by atomic mass is 35.5. The number of methoxy groups -OCH3 is 1. The first-order valence-corrected chi connectivity index (χ1v) is 9.08. The second kappa shape index (κ2) is 5.54. The van der Waals surface area contributed by atoms with Gasteiger partial charge in [0.25, 0.3) is 0 Å². The van der Waals surface area contributed by atoms with Gasteiger partial charge in [-0.15, -0.1) is 0 Å². The van der Waals surface area contributed by atoms with Gasteiger partial charge in [-0.05, 0) is 55.4 Å². The molecule has 1 aromatic rings. The lowest BCUT2D eigenvalue weighted by Gasteiger charge is -2.52. The van der Waals surface area contributed by atoms with E-state index in [0.29, 0.717) is 29.1 Å². The first-order chi connectivity index (χ1) is 9.98. The zero-order chi connectivity index (χ0) is 15.1. The number of ether oxygens (including phenoxy) is 1. The largest absolute Gasteiger partial charge is 0.381 e. The summed E-state index contributed by atoms with van der Waals surface area (Å²) in [6.07, 6.45) is 4.33. The minimum atomic E-state index is -3.40. The average Bonchev–Trinajstić information content (AvgIpc) is 2.47. The SMILES string of the molecule is COC1CCC12CCN(S(=O)(=O)c1ccc(Cl)cc1)CC2. The summed E-state index contributed by atoms with van der Waals surface area (Å²) in [4.78, 5) is 0.319. The van der Waals surface area contributed by atoms with E-state index in [2.05, 4.69) is 0 Å². The smallest absolute Gasteiger partial charge is 0.243 e. The van der Waals surface area contributed by atoms with Gasteiger partial charge in [0.1, 0.15) is 0 Å². The van der Waals surface area contributed by atoms with Crippen LogP contribution in [0.3, 0.4) is 0 Å². The van der Waals surface area contributed by atoms with Crippen LogP contribution in [0.1, 0.15) is 25.7 Å². The van der Waals surface area contributed by atoms with Gasteiger partial charge in [0, 0.05) is 25.2 Å². The van der Waals surface area contributed by atoms with E-state index in [-0.39, 0.29) is 5.41 Å². The summed E-state index contributed by atoms with van der Waals surface area (Å²) >= 11 is 5.82. The molecule has 1 saturated carbocycles. The van der Waals surface area contributed by atoms with Crippen molar-refractivity contribution in [2.45, 2.75) is 36.7 Å². The Kier molecular flexibility index (Phi) is 4.03. The number of hydrogen-bond donors (Lipinski definition) is 0. The lowest BCUT2D eigenvalue weighted by atomic mass is 9.61. The fourth-order valence-corrected chi connectivity index (χ4v) is 5.11. The maximum atomic E-state index is 12.6. The maximum absolute atomic E-state index is 12.6. The second-order valence-corrected chi connectivity index (χ2v) is 8.36. The van der Waals surface area contributed by atoms with Crippen molar-refractivity contribution < 1.29 is 13.2 Å². The van der Waals surface area contributed by atoms with Gasteiger partial charge in [-0.3, -0.25) is 0 Å². The van der Waals surface area contributed by atoms with E-state index in [1.807, 2.05) is 0 Å². The van der Waals surface area contributed by atoms with E-state index in [1.165, 1.54) is 0 Å². The topological polar surface area (TPSA) is 46.6 Å². The number of hydrogen-bond acceptors (Lipinski definition) is 3. The van der Waals surface area contributed by atoms with E-state index >= 15 is 0 Å². The number of rotatable bonds is 3. The molecule has 2 fully saturated rings. The molecule has 0 N–H and O–H groups in total. The predicted octanol–water partition coefficient (Wildman–Crippen LogP) is 2.92. The third-order valence-corrected chi connectivity index (χ3v) is 7.21. The molecule has 6 heteroatoms. The van der Waals surface area contributed by atoms with Gasteiger partial charge in [-0.25, -0.2) is 8.42 Å². The van der Waals surface area contributed by atoms with Crippen LogP contribution in [0.25, 0.3) is 0 Å². The van der Waals surface area contributed by atoms with Crippen molar-refractivity contribution in [3.8, 4) is 0 Å². The normalized spacial score (nSPS) is 25.7. The Bertz CT molecular complexity index is 604. The summed E-state index contributed by atoms with van der Waals surface area (Å²) in [7, 11) is -1.65. The highest BCUT2D eigenvalue weighted by Crippen LogP contribution is 2.50. The Hall–Kier alpha value is -0.620. The lowest BCUT2D eigenvalue weighted by Crippen LogP contribution is -2.53. The van der Waals surface area contributed by atoms with E-state index in [0.717, 1.165) is 25.7 Å². The minimum absolute atomic E-state index is 0.209. The van der Waals surface area contributed by atoms with Gasteiger partial charge < -0.3 is 4.74 Å². The van der Waals surface area contributed by atoms with E-state index in [1.54, 1.807) is 35.7 Å². The van der Waals surface area contributed by atoms with Crippen molar-refractivity contribution in [2.24, 2.45) is 5.41 Å². The summed E-state index contributed by atoms with van der Waals surface area (Å²) < 4.78 is 32.3. The van der Waals surface area contributed by atoms with Crippen LogP contribution in [0.2, 0.25) is 5.02 Å². The Balaban J connectivity index is 1.73. The van der Waals surface area contributed by atoms with Crippen LogP contribution >= 0.6 is 11.6 Å². The molecule has 116 valence electrons. The highest BCUT2D eigenvalue weighted by Gasteiger charge is 2.49. The molecule has 1 spiro atoms. The Morgan fingerprint density at radius 1 is 1.19 bits per heavy atom. The van der Waals surface area contributed by atoms with Crippen LogP contribution < -0.4 is 0 Å². The summed E-state index contributed by atoms with van der Waals surface area (Å²) in [5.74, 6) is 0. The Morgan fingerprint density at radius 2 is 1.81 bits per heavy atom. The van der Waals surface area contributed by atoms with Gasteiger partial charge in [-0.2, -0.15) is 4.31 Å². The molecule has 1 saturated heterocycles. The lowest BCUT2D eigenvalue weighted by molar-refractivity contribution is -0.113. The molecule has 1 aromatic carbocycles. The first-order valence-electron chi connectivity index (χ1n) is 7.26. The molecule has 1 atom stereocenters. The molecular weight excluding hydrogens is 310 g/mol. The van der Waals surface area contributed by atoms with Gasteiger partial charge in [0.2, 0.25) is 10.0 Å². The summed E-state index contributed by atoms with van der Waals surface area (Å²) in [6.45, 7) is 1.15. The number of benzene rings is 1. The molecule has 0 bridgehead atoms. The molecular formula is C15H20ClNO3S.